The zero-order chi connectivity index (χ0) is 14.6. The molecule has 0 saturated heterocycles. The number of benzene rings is 1. The van der Waals surface area contributed by atoms with Gasteiger partial charge in [0.1, 0.15) is 0 Å². The lowest BCUT2D eigenvalue weighted by molar-refractivity contribution is 0.382. The highest BCUT2D eigenvalue weighted by Gasteiger charge is 2.27. The molecule has 0 amide bonds. The van der Waals surface area contributed by atoms with Crippen molar-refractivity contribution in [3.63, 3.8) is 0 Å². The van der Waals surface area contributed by atoms with Gasteiger partial charge in [0.2, 0.25) is 10.0 Å². The summed E-state index contributed by atoms with van der Waals surface area (Å²) >= 11 is 4.98. The van der Waals surface area contributed by atoms with Crippen molar-refractivity contribution < 1.29 is 8.42 Å². The van der Waals surface area contributed by atoms with E-state index < -0.39 is 10.0 Å². The molecular formula is C12H19BrN2O2S2. The summed E-state index contributed by atoms with van der Waals surface area (Å²) in [6.07, 6.45) is 2.83. The maximum atomic E-state index is 12.5. The van der Waals surface area contributed by atoms with Crippen LogP contribution in [0.2, 0.25) is 0 Å². The van der Waals surface area contributed by atoms with Crippen molar-refractivity contribution in [2.24, 2.45) is 0 Å². The molecular weight excluding hydrogens is 348 g/mol. The Hall–Kier alpha value is -0.240. The summed E-state index contributed by atoms with van der Waals surface area (Å²) in [5.41, 5.74) is 6.11. The van der Waals surface area contributed by atoms with E-state index in [1.165, 1.54) is 10.4 Å². The van der Waals surface area contributed by atoms with Crippen LogP contribution < -0.4 is 5.73 Å². The Morgan fingerprint density at radius 3 is 2.68 bits per heavy atom. The van der Waals surface area contributed by atoms with Gasteiger partial charge in [-0.3, -0.25) is 0 Å². The molecule has 1 aromatic carbocycles. The van der Waals surface area contributed by atoms with Crippen LogP contribution >= 0.6 is 27.7 Å². The van der Waals surface area contributed by atoms with E-state index in [2.05, 4.69) is 15.9 Å². The number of halogens is 1. The van der Waals surface area contributed by atoms with Crippen LogP contribution in [0.3, 0.4) is 0 Å². The first kappa shape index (κ1) is 16.8. The number of nitrogen functional groups attached to an aromatic ring is 1. The van der Waals surface area contributed by atoms with Crippen LogP contribution in [0.15, 0.2) is 27.6 Å². The van der Waals surface area contributed by atoms with Crippen LogP contribution in [0.5, 0.6) is 0 Å². The molecule has 1 aromatic rings. The minimum absolute atomic E-state index is 0.0502. The van der Waals surface area contributed by atoms with E-state index in [0.29, 0.717) is 10.2 Å². The molecule has 0 spiro atoms. The zero-order valence-electron chi connectivity index (χ0n) is 11.3. The van der Waals surface area contributed by atoms with Gasteiger partial charge in [-0.1, -0.05) is 0 Å². The molecule has 0 bridgehead atoms. The van der Waals surface area contributed by atoms with Gasteiger partial charge in [0.05, 0.1) is 4.90 Å². The molecule has 0 saturated carbocycles. The molecule has 19 heavy (non-hydrogen) atoms. The van der Waals surface area contributed by atoms with Gasteiger partial charge in [0.15, 0.2) is 0 Å². The lowest BCUT2D eigenvalue weighted by Crippen LogP contribution is -2.35. The van der Waals surface area contributed by atoms with E-state index in [1.807, 2.05) is 13.2 Å². The second-order valence-corrected chi connectivity index (χ2v) is 8.15. The van der Waals surface area contributed by atoms with E-state index >= 15 is 0 Å². The summed E-state index contributed by atoms with van der Waals surface area (Å²) in [5, 5.41) is 0. The molecule has 0 radical (unpaired) electrons. The van der Waals surface area contributed by atoms with Gasteiger partial charge in [0.25, 0.3) is 0 Å². The normalized spacial score (nSPS) is 13.7. The third-order valence-electron chi connectivity index (χ3n) is 2.97. The van der Waals surface area contributed by atoms with E-state index in [0.717, 1.165) is 12.2 Å². The summed E-state index contributed by atoms with van der Waals surface area (Å²) in [6, 6.07) is 4.76. The molecule has 108 valence electrons. The number of anilines is 1. The first-order valence-electron chi connectivity index (χ1n) is 5.82. The number of nitrogens with zero attached hydrogens (tertiary/aromatic N) is 1. The minimum Gasteiger partial charge on any atom is -0.399 e. The van der Waals surface area contributed by atoms with Crippen molar-refractivity contribution >= 4 is 43.4 Å². The number of rotatable bonds is 6. The number of sulfonamides is 1. The third kappa shape index (κ3) is 4.11. The molecule has 1 rings (SSSR count). The van der Waals surface area contributed by atoms with E-state index in [1.54, 1.807) is 30.9 Å². The lowest BCUT2D eigenvalue weighted by atomic mass is 10.3. The molecule has 1 atom stereocenters. The fourth-order valence-electron chi connectivity index (χ4n) is 1.58. The summed E-state index contributed by atoms with van der Waals surface area (Å²) in [5.74, 6) is 0.930. The Morgan fingerprint density at radius 1 is 1.47 bits per heavy atom. The topological polar surface area (TPSA) is 63.4 Å². The van der Waals surface area contributed by atoms with Crippen LogP contribution in [0.4, 0.5) is 5.69 Å². The second kappa shape index (κ2) is 6.97. The quantitative estimate of drug-likeness (QED) is 0.786. The van der Waals surface area contributed by atoms with Crippen LogP contribution in [0.1, 0.15) is 13.3 Å². The molecule has 2 N–H and O–H groups in total. The Balaban J connectivity index is 3.06. The van der Waals surface area contributed by atoms with Gasteiger partial charge in [-0.2, -0.15) is 16.1 Å². The van der Waals surface area contributed by atoms with E-state index in [-0.39, 0.29) is 10.9 Å². The highest BCUT2D eigenvalue weighted by molar-refractivity contribution is 9.10. The Morgan fingerprint density at radius 2 is 2.11 bits per heavy atom. The summed E-state index contributed by atoms with van der Waals surface area (Å²) in [7, 11) is -1.92. The Labute approximate surface area is 127 Å². The highest BCUT2D eigenvalue weighted by Crippen LogP contribution is 2.28. The highest BCUT2D eigenvalue weighted by atomic mass is 79.9. The fraction of sp³-hybridized carbons (Fsp3) is 0.500. The molecule has 7 heteroatoms. The third-order valence-corrected chi connectivity index (χ3v) is 6.58. The van der Waals surface area contributed by atoms with Gasteiger partial charge < -0.3 is 5.73 Å². The zero-order valence-corrected chi connectivity index (χ0v) is 14.5. The lowest BCUT2D eigenvalue weighted by Gasteiger charge is -2.24. The first-order chi connectivity index (χ1) is 8.80. The van der Waals surface area contributed by atoms with Gasteiger partial charge in [-0.05, 0) is 59.5 Å². The van der Waals surface area contributed by atoms with Gasteiger partial charge in [-0.25, -0.2) is 8.42 Å². The van der Waals surface area contributed by atoms with Crippen molar-refractivity contribution in [1.29, 1.82) is 0 Å². The Bertz CT molecular complexity index is 535. The fourth-order valence-corrected chi connectivity index (χ4v) is 4.51. The standard InChI is InChI=1S/C12H19BrN2O2S2/c1-9(6-7-18-3)15(2)19(16,17)12-8-10(14)4-5-11(12)13/h4-5,8-9H,6-7,14H2,1-3H3. The van der Waals surface area contributed by atoms with Crippen LogP contribution in [-0.4, -0.2) is 37.8 Å². The monoisotopic (exact) mass is 366 g/mol. The van der Waals surface area contributed by atoms with Crippen LogP contribution in [0, 0.1) is 0 Å². The van der Waals surface area contributed by atoms with E-state index in [4.69, 9.17) is 5.73 Å². The van der Waals surface area contributed by atoms with Crippen molar-refractivity contribution in [2.75, 3.05) is 24.8 Å². The van der Waals surface area contributed by atoms with Crippen LogP contribution in [0.25, 0.3) is 0 Å². The molecule has 0 aliphatic carbocycles. The van der Waals surface area contributed by atoms with Crippen molar-refractivity contribution in [3.8, 4) is 0 Å². The number of hydrogen-bond donors (Lipinski definition) is 1. The number of hydrogen-bond acceptors (Lipinski definition) is 4. The van der Waals surface area contributed by atoms with E-state index in [9.17, 15) is 8.42 Å². The van der Waals surface area contributed by atoms with Crippen molar-refractivity contribution in [3.05, 3.63) is 22.7 Å². The molecule has 0 aromatic heterocycles. The Kier molecular flexibility index (Phi) is 6.16. The predicted octanol–water partition coefficient (Wildman–Crippen LogP) is 2.79. The molecule has 4 nitrogen and oxygen atoms in total. The first-order valence-corrected chi connectivity index (χ1v) is 9.45. The maximum absolute atomic E-state index is 12.5. The smallest absolute Gasteiger partial charge is 0.244 e. The molecule has 0 fully saturated rings. The van der Waals surface area contributed by atoms with Gasteiger partial charge in [-0.15, -0.1) is 0 Å². The largest absolute Gasteiger partial charge is 0.399 e. The predicted molar refractivity (Wildman–Crippen MR) is 86.0 cm³/mol. The van der Waals surface area contributed by atoms with Crippen LogP contribution in [-0.2, 0) is 10.0 Å². The molecule has 0 aliphatic rings. The second-order valence-electron chi connectivity index (χ2n) is 4.34. The van der Waals surface area contributed by atoms with Crippen molar-refractivity contribution in [1.82, 2.24) is 4.31 Å². The summed E-state index contributed by atoms with van der Waals surface area (Å²) < 4.78 is 27.0. The average molecular weight is 367 g/mol. The van der Waals surface area contributed by atoms with Crippen molar-refractivity contribution in [2.45, 2.75) is 24.3 Å². The summed E-state index contributed by atoms with van der Waals surface area (Å²) in [4.78, 5) is 0.214. The maximum Gasteiger partial charge on any atom is 0.244 e. The van der Waals surface area contributed by atoms with Gasteiger partial charge >= 0.3 is 0 Å². The minimum atomic E-state index is -3.52. The SMILES string of the molecule is CSCCC(C)N(C)S(=O)(=O)c1cc(N)ccc1Br. The number of thioether (sulfide) groups is 1. The summed E-state index contributed by atoms with van der Waals surface area (Å²) in [6.45, 7) is 1.91. The molecule has 1 unspecified atom stereocenters. The average Bonchev–Trinajstić information content (AvgIpc) is 2.37. The molecule has 0 aliphatic heterocycles. The number of nitrogens with two attached hydrogens (primary N) is 1. The van der Waals surface area contributed by atoms with Gasteiger partial charge in [0, 0.05) is 23.2 Å². The molecule has 0 heterocycles.